The Morgan fingerprint density at radius 2 is 1.94 bits per heavy atom. The molecule has 16 heavy (non-hydrogen) atoms. The van der Waals surface area contributed by atoms with E-state index in [4.69, 9.17) is 0 Å². The average molecular weight is 214 g/mol. The summed E-state index contributed by atoms with van der Waals surface area (Å²) in [6.45, 7) is 0. The van der Waals surface area contributed by atoms with Crippen molar-refractivity contribution in [3.8, 4) is 11.1 Å². The molecule has 0 bridgehead atoms. The summed E-state index contributed by atoms with van der Waals surface area (Å²) in [6.07, 6.45) is 6.41. The zero-order valence-electron chi connectivity index (χ0n) is 8.21. The van der Waals surface area contributed by atoms with Crippen molar-refractivity contribution in [2.24, 2.45) is 0 Å². The molecule has 0 saturated carbocycles. The highest BCUT2D eigenvalue weighted by Crippen LogP contribution is 2.23. The fourth-order valence-corrected chi connectivity index (χ4v) is 1.60. The minimum absolute atomic E-state index is 0.413. The van der Waals surface area contributed by atoms with Gasteiger partial charge in [0, 0.05) is 24.2 Å². The van der Waals surface area contributed by atoms with E-state index in [1.54, 1.807) is 41.3 Å². The molecule has 0 N–H and O–H groups in total. The highest BCUT2D eigenvalue weighted by molar-refractivity contribution is 5.76. The van der Waals surface area contributed by atoms with E-state index < -0.39 is 5.95 Å². The molecule has 0 fully saturated rings. The van der Waals surface area contributed by atoms with Crippen LogP contribution in [0.2, 0.25) is 0 Å². The third-order valence-electron chi connectivity index (χ3n) is 2.33. The maximum Gasteiger partial charge on any atom is 0.220 e. The minimum atomic E-state index is -0.511. The SMILES string of the molecule is Fc1ncccc1-c1cnn2cccnc12. The van der Waals surface area contributed by atoms with Gasteiger partial charge in [-0.1, -0.05) is 0 Å². The Hall–Kier alpha value is -2.30. The lowest BCUT2D eigenvalue weighted by Crippen LogP contribution is -1.90. The molecule has 0 aliphatic rings. The molecule has 0 aliphatic heterocycles. The fraction of sp³-hybridized carbons (Fsp3) is 0. The molecule has 0 saturated heterocycles. The fourth-order valence-electron chi connectivity index (χ4n) is 1.60. The van der Waals surface area contributed by atoms with Gasteiger partial charge in [0.25, 0.3) is 0 Å². The lowest BCUT2D eigenvalue weighted by molar-refractivity contribution is 0.587. The molecule has 3 aromatic heterocycles. The summed E-state index contributed by atoms with van der Waals surface area (Å²) in [4.78, 5) is 7.78. The van der Waals surface area contributed by atoms with Gasteiger partial charge in [-0.25, -0.2) is 14.5 Å². The molecule has 0 amide bonds. The van der Waals surface area contributed by atoms with Crippen LogP contribution in [0, 0.1) is 5.95 Å². The Labute approximate surface area is 90.4 Å². The van der Waals surface area contributed by atoms with Gasteiger partial charge in [-0.2, -0.15) is 9.49 Å². The number of fused-ring (bicyclic) bond motifs is 1. The number of rotatable bonds is 1. The van der Waals surface area contributed by atoms with Crippen molar-refractivity contribution in [3.05, 3.63) is 48.9 Å². The summed E-state index contributed by atoms with van der Waals surface area (Å²) >= 11 is 0. The summed E-state index contributed by atoms with van der Waals surface area (Å²) in [5.74, 6) is -0.511. The van der Waals surface area contributed by atoms with Gasteiger partial charge in [-0.3, -0.25) is 0 Å². The number of nitrogens with zero attached hydrogens (tertiary/aromatic N) is 4. The largest absolute Gasteiger partial charge is 0.236 e. The van der Waals surface area contributed by atoms with Crippen LogP contribution in [0.1, 0.15) is 0 Å². The van der Waals surface area contributed by atoms with Gasteiger partial charge < -0.3 is 0 Å². The van der Waals surface area contributed by atoms with Gasteiger partial charge in [0.2, 0.25) is 5.95 Å². The smallest absolute Gasteiger partial charge is 0.220 e. The zero-order valence-corrected chi connectivity index (χ0v) is 8.21. The Kier molecular flexibility index (Phi) is 1.89. The molecule has 0 unspecified atom stereocenters. The van der Waals surface area contributed by atoms with E-state index in [0.717, 1.165) is 0 Å². The summed E-state index contributed by atoms with van der Waals surface area (Å²) in [7, 11) is 0. The van der Waals surface area contributed by atoms with Crippen LogP contribution in [0.3, 0.4) is 0 Å². The number of pyridine rings is 1. The standard InChI is InChI=1S/C11H7FN4/c12-10-8(3-1-4-13-10)9-7-15-16-6-2-5-14-11(9)16/h1-7H. The first-order chi connectivity index (χ1) is 7.86. The molecule has 4 nitrogen and oxygen atoms in total. The molecule has 3 aromatic rings. The summed E-state index contributed by atoms with van der Waals surface area (Å²) < 4.78 is 15.1. The average Bonchev–Trinajstić information content (AvgIpc) is 2.74. The second-order valence-corrected chi connectivity index (χ2v) is 3.29. The van der Waals surface area contributed by atoms with Crippen LogP contribution < -0.4 is 0 Å². The van der Waals surface area contributed by atoms with E-state index in [1.807, 2.05) is 0 Å². The van der Waals surface area contributed by atoms with E-state index >= 15 is 0 Å². The third kappa shape index (κ3) is 1.25. The number of hydrogen-bond acceptors (Lipinski definition) is 3. The first kappa shape index (κ1) is 8.96. The molecule has 0 spiro atoms. The first-order valence-electron chi connectivity index (χ1n) is 4.75. The van der Waals surface area contributed by atoms with Gasteiger partial charge in [0.15, 0.2) is 5.65 Å². The normalized spacial score (nSPS) is 10.8. The van der Waals surface area contributed by atoms with Crippen LogP contribution in [0.25, 0.3) is 16.8 Å². The first-order valence-corrected chi connectivity index (χ1v) is 4.75. The second kappa shape index (κ2) is 3.37. The van der Waals surface area contributed by atoms with E-state index in [2.05, 4.69) is 15.1 Å². The third-order valence-corrected chi connectivity index (χ3v) is 2.33. The molecule has 3 rings (SSSR count). The molecule has 3 heterocycles. The Morgan fingerprint density at radius 1 is 1.06 bits per heavy atom. The molecule has 0 atom stereocenters. The quantitative estimate of drug-likeness (QED) is 0.581. The van der Waals surface area contributed by atoms with E-state index in [1.165, 1.54) is 6.20 Å². The van der Waals surface area contributed by atoms with Crippen LogP contribution in [-0.2, 0) is 0 Å². The van der Waals surface area contributed by atoms with Gasteiger partial charge in [-0.15, -0.1) is 0 Å². The van der Waals surface area contributed by atoms with Gasteiger partial charge in [0.05, 0.1) is 11.8 Å². The van der Waals surface area contributed by atoms with Crippen molar-refractivity contribution in [2.75, 3.05) is 0 Å². The highest BCUT2D eigenvalue weighted by atomic mass is 19.1. The molecule has 0 aromatic carbocycles. The molecular formula is C11H7FN4. The van der Waals surface area contributed by atoms with Gasteiger partial charge in [0.1, 0.15) is 0 Å². The van der Waals surface area contributed by atoms with E-state index in [0.29, 0.717) is 16.8 Å². The van der Waals surface area contributed by atoms with E-state index in [9.17, 15) is 4.39 Å². The van der Waals surface area contributed by atoms with Crippen LogP contribution in [0.15, 0.2) is 43.0 Å². The van der Waals surface area contributed by atoms with Crippen LogP contribution >= 0.6 is 0 Å². The Bertz CT molecular complexity index is 647. The maximum absolute atomic E-state index is 13.5. The Balaban J connectivity index is 2.31. The number of aromatic nitrogens is 4. The maximum atomic E-state index is 13.5. The van der Waals surface area contributed by atoms with Crippen molar-refractivity contribution in [2.45, 2.75) is 0 Å². The molecular weight excluding hydrogens is 207 g/mol. The predicted octanol–water partition coefficient (Wildman–Crippen LogP) is 1.93. The molecule has 5 heteroatoms. The lowest BCUT2D eigenvalue weighted by atomic mass is 10.1. The van der Waals surface area contributed by atoms with E-state index in [-0.39, 0.29) is 0 Å². The second-order valence-electron chi connectivity index (χ2n) is 3.29. The van der Waals surface area contributed by atoms with Crippen molar-refractivity contribution in [3.63, 3.8) is 0 Å². The number of halogens is 1. The molecule has 0 aliphatic carbocycles. The van der Waals surface area contributed by atoms with Crippen LogP contribution in [0.5, 0.6) is 0 Å². The topological polar surface area (TPSA) is 43.1 Å². The molecule has 78 valence electrons. The summed E-state index contributed by atoms with van der Waals surface area (Å²) in [6, 6.07) is 5.11. The van der Waals surface area contributed by atoms with Crippen molar-refractivity contribution in [1.82, 2.24) is 19.6 Å². The summed E-state index contributed by atoms with van der Waals surface area (Å²) in [5.41, 5.74) is 1.68. The van der Waals surface area contributed by atoms with Gasteiger partial charge >= 0.3 is 0 Å². The highest BCUT2D eigenvalue weighted by Gasteiger charge is 2.11. The van der Waals surface area contributed by atoms with Crippen LogP contribution in [-0.4, -0.2) is 19.6 Å². The van der Waals surface area contributed by atoms with Crippen LogP contribution in [0.4, 0.5) is 4.39 Å². The van der Waals surface area contributed by atoms with Crippen molar-refractivity contribution in [1.29, 1.82) is 0 Å². The minimum Gasteiger partial charge on any atom is -0.236 e. The lowest BCUT2D eigenvalue weighted by Gasteiger charge is -1.98. The zero-order chi connectivity index (χ0) is 11.0. The predicted molar refractivity (Wildman–Crippen MR) is 56.2 cm³/mol. The summed E-state index contributed by atoms with van der Waals surface area (Å²) in [5, 5.41) is 4.10. The number of hydrogen-bond donors (Lipinski definition) is 0. The van der Waals surface area contributed by atoms with Gasteiger partial charge in [-0.05, 0) is 18.2 Å². The monoisotopic (exact) mass is 214 g/mol. The van der Waals surface area contributed by atoms with Crippen molar-refractivity contribution >= 4 is 5.65 Å². The van der Waals surface area contributed by atoms with Crippen molar-refractivity contribution < 1.29 is 4.39 Å². The Morgan fingerprint density at radius 3 is 2.81 bits per heavy atom. The molecule has 0 radical (unpaired) electrons.